The van der Waals surface area contributed by atoms with E-state index in [1.807, 2.05) is 6.92 Å². The summed E-state index contributed by atoms with van der Waals surface area (Å²) in [6.07, 6.45) is 1.97. The third-order valence-corrected chi connectivity index (χ3v) is 4.43. The van der Waals surface area contributed by atoms with E-state index < -0.39 is 10.2 Å². The molecule has 0 bridgehead atoms. The van der Waals surface area contributed by atoms with E-state index in [-0.39, 0.29) is 12.1 Å². The second-order valence-electron chi connectivity index (χ2n) is 4.06. The molecule has 0 spiro atoms. The Balaban J connectivity index is 2.02. The first kappa shape index (κ1) is 10.4. The van der Waals surface area contributed by atoms with E-state index >= 15 is 0 Å². The molecule has 1 saturated heterocycles. The molecule has 1 aliphatic heterocycles. The van der Waals surface area contributed by atoms with Crippen molar-refractivity contribution < 1.29 is 8.42 Å². The van der Waals surface area contributed by atoms with E-state index in [9.17, 15) is 8.42 Å². The lowest BCUT2D eigenvalue weighted by Gasteiger charge is -2.32. The molecule has 14 heavy (non-hydrogen) atoms. The lowest BCUT2D eigenvalue weighted by Crippen LogP contribution is -2.55. The summed E-state index contributed by atoms with van der Waals surface area (Å²) >= 11 is 0. The Hall–Kier alpha value is -0.170. The van der Waals surface area contributed by atoms with E-state index in [0.29, 0.717) is 6.54 Å². The average molecular weight is 219 g/mol. The topological polar surface area (TPSA) is 61.4 Å². The van der Waals surface area contributed by atoms with E-state index in [2.05, 4.69) is 10.0 Å². The van der Waals surface area contributed by atoms with Crippen LogP contribution < -0.4 is 10.0 Å². The van der Waals surface area contributed by atoms with Crippen molar-refractivity contribution in [2.24, 2.45) is 0 Å². The number of nitrogens with one attached hydrogen (secondary N) is 2. The van der Waals surface area contributed by atoms with Crippen LogP contribution in [0, 0.1) is 0 Å². The molecule has 1 atom stereocenters. The van der Waals surface area contributed by atoms with E-state index in [1.165, 1.54) is 0 Å². The van der Waals surface area contributed by atoms with Crippen molar-refractivity contribution in [1.29, 1.82) is 0 Å². The van der Waals surface area contributed by atoms with Gasteiger partial charge in [0.15, 0.2) is 0 Å². The number of nitrogens with zero attached hydrogens (tertiary/aromatic N) is 1. The van der Waals surface area contributed by atoms with Gasteiger partial charge in [0.1, 0.15) is 0 Å². The van der Waals surface area contributed by atoms with Crippen molar-refractivity contribution in [2.75, 3.05) is 19.6 Å². The monoisotopic (exact) mass is 219 g/mol. The summed E-state index contributed by atoms with van der Waals surface area (Å²) in [5.41, 5.74) is 0. The van der Waals surface area contributed by atoms with Gasteiger partial charge in [0.05, 0.1) is 0 Å². The third kappa shape index (κ3) is 2.25. The standard InChI is InChI=1S/C8H17N3O2S/c1-7-6-9-4-5-11(7)14(12,13)10-8-2-3-8/h7-10H,2-6H2,1H3/t7-/m0/s1. The van der Waals surface area contributed by atoms with Crippen molar-refractivity contribution in [1.82, 2.24) is 14.3 Å². The van der Waals surface area contributed by atoms with Gasteiger partial charge in [-0.2, -0.15) is 17.4 Å². The molecule has 0 unspecified atom stereocenters. The molecule has 2 aliphatic rings. The molecule has 5 nitrogen and oxygen atoms in total. The Morgan fingerprint density at radius 2 is 2.14 bits per heavy atom. The first-order valence-corrected chi connectivity index (χ1v) is 6.53. The molecule has 1 saturated carbocycles. The van der Waals surface area contributed by atoms with Crippen LogP contribution in [0.5, 0.6) is 0 Å². The van der Waals surface area contributed by atoms with Gasteiger partial charge in [0.2, 0.25) is 0 Å². The lowest BCUT2D eigenvalue weighted by atomic mass is 10.3. The maximum Gasteiger partial charge on any atom is 0.280 e. The Bertz CT molecular complexity index is 300. The molecular formula is C8H17N3O2S. The van der Waals surface area contributed by atoms with Crippen LogP contribution in [-0.2, 0) is 10.2 Å². The van der Waals surface area contributed by atoms with Crippen LogP contribution >= 0.6 is 0 Å². The Morgan fingerprint density at radius 3 is 2.71 bits per heavy atom. The normalized spacial score (nSPS) is 30.5. The minimum Gasteiger partial charge on any atom is -0.314 e. The summed E-state index contributed by atoms with van der Waals surface area (Å²) in [5, 5.41) is 3.17. The van der Waals surface area contributed by atoms with Crippen molar-refractivity contribution in [3.05, 3.63) is 0 Å². The van der Waals surface area contributed by atoms with E-state index in [0.717, 1.165) is 25.9 Å². The highest BCUT2D eigenvalue weighted by Crippen LogP contribution is 2.21. The maximum atomic E-state index is 11.8. The van der Waals surface area contributed by atoms with Crippen LogP contribution in [-0.4, -0.2) is 44.4 Å². The van der Waals surface area contributed by atoms with Gasteiger partial charge in [-0.25, -0.2) is 0 Å². The second-order valence-corrected chi connectivity index (χ2v) is 5.72. The molecule has 0 radical (unpaired) electrons. The zero-order chi connectivity index (χ0) is 10.2. The van der Waals surface area contributed by atoms with Crippen molar-refractivity contribution >= 4 is 10.2 Å². The van der Waals surface area contributed by atoms with Gasteiger partial charge in [-0.15, -0.1) is 0 Å². The summed E-state index contributed by atoms with van der Waals surface area (Å²) < 4.78 is 27.9. The van der Waals surface area contributed by atoms with Gasteiger partial charge in [0, 0.05) is 31.7 Å². The molecule has 2 fully saturated rings. The van der Waals surface area contributed by atoms with Crippen molar-refractivity contribution in [2.45, 2.75) is 31.8 Å². The summed E-state index contributed by atoms with van der Waals surface area (Å²) in [4.78, 5) is 0. The van der Waals surface area contributed by atoms with Gasteiger partial charge < -0.3 is 5.32 Å². The largest absolute Gasteiger partial charge is 0.314 e. The molecule has 2 rings (SSSR count). The summed E-state index contributed by atoms with van der Waals surface area (Å²) in [5.74, 6) is 0. The predicted octanol–water partition coefficient (Wildman–Crippen LogP) is -0.723. The average Bonchev–Trinajstić information content (AvgIpc) is 2.88. The zero-order valence-electron chi connectivity index (χ0n) is 8.36. The van der Waals surface area contributed by atoms with Gasteiger partial charge in [-0.05, 0) is 19.8 Å². The van der Waals surface area contributed by atoms with Crippen LogP contribution in [0.1, 0.15) is 19.8 Å². The Morgan fingerprint density at radius 1 is 1.43 bits per heavy atom. The second kappa shape index (κ2) is 3.77. The molecule has 0 aromatic rings. The molecule has 0 aromatic heterocycles. The highest BCUT2D eigenvalue weighted by Gasteiger charge is 2.34. The highest BCUT2D eigenvalue weighted by atomic mass is 32.2. The van der Waals surface area contributed by atoms with Crippen LogP contribution in [0.25, 0.3) is 0 Å². The maximum absolute atomic E-state index is 11.8. The van der Waals surface area contributed by atoms with Crippen LogP contribution in [0.15, 0.2) is 0 Å². The number of hydrogen-bond acceptors (Lipinski definition) is 3. The minimum absolute atomic E-state index is 0.0556. The number of piperazine rings is 1. The Labute approximate surface area is 85.0 Å². The van der Waals surface area contributed by atoms with Gasteiger partial charge >= 0.3 is 0 Å². The molecule has 0 aromatic carbocycles. The summed E-state index contributed by atoms with van der Waals surface area (Å²) in [7, 11) is -3.23. The zero-order valence-corrected chi connectivity index (χ0v) is 9.18. The van der Waals surface area contributed by atoms with Gasteiger partial charge in [-0.3, -0.25) is 0 Å². The molecule has 2 N–H and O–H groups in total. The Kier molecular flexibility index (Phi) is 2.79. The number of rotatable bonds is 3. The van der Waals surface area contributed by atoms with E-state index in [1.54, 1.807) is 4.31 Å². The third-order valence-electron chi connectivity index (χ3n) is 2.64. The first-order valence-electron chi connectivity index (χ1n) is 5.09. The van der Waals surface area contributed by atoms with Crippen LogP contribution in [0.4, 0.5) is 0 Å². The van der Waals surface area contributed by atoms with Crippen molar-refractivity contribution in [3.63, 3.8) is 0 Å². The molecule has 6 heteroatoms. The minimum atomic E-state index is -3.23. The fraction of sp³-hybridized carbons (Fsp3) is 1.00. The number of hydrogen-bond donors (Lipinski definition) is 2. The lowest BCUT2D eigenvalue weighted by molar-refractivity contribution is 0.280. The molecular weight excluding hydrogens is 202 g/mol. The fourth-order valence-electron chi connectivity index (χ4n) is 1.66. The SMILES string of the molecule is C[C@H]1CNCCN1S(=O)(=O)NC1CC1. The molecule has 1 heterocycles. The van der Waals surface area contributed by atoms with Gasteiger partial charge in [-0.1, -0.05) is 0 Å². The molecule has 1 aliphatic carbocycles. The summed E-state index contributed by atoms with van der Waals surface area (Å²) in [6, 6.07) is 0.252. The smallest absolute Gasteiger partial charge is 0.280 e. The predicted molar refractivity (Wildman–Crippen MR) is 54.1 cm³/mol. The van der Waals surface area contributed by atoms with Gasteiger partial charge in [0.25, 0.3) is 10.2 Å². The van der Waals surface area contributed by atoms with Crippen LogP contribution in [0.3, 0.4) is 0 Å². The highest BCUT2D eigenvalue weighted by molar-refractivity contribution is 7.87. The fourth-order valence-corrected chi connectivity index (χ4v) is 3.33. The summed E-state index contributed by atoms with van der Waals surface area (Å²) in [6.45, 7) is 3.99. The first-order chi connectivity index (χ1) is 6.59. The quantitative estimate of drug-likeness (QED) is 0.658. The van der Waals surface area contributed by atoms with Crippen molar-refractivity contribution in [3.8, 4) is 0 Å². The molecule has 82 valence electrons. The van der Waals surface area contributed by atoms with E-state index in [4.69, 9.17) is 0 Å². The van der Waals surface area contributed by atoms with Crippen LogP contribution in [0.2, 0.25) is 0 Å². The molecule has 0 amide bonds.